The SMILES string of the molecule is O=c1cc(-c2cc(CCc3ccc(Cl)s3)[nH]n2)cc(-c2cccnc2)[nH]1. The number of halogens is 1. The van der Waals surface area contributed by atoms with Crippen molar-refractivity contribution in [3.8, 4) is 22.5 Å². The van der Waals surface area contributed by atoms with Gasteiger partial charge in [-0.15, -0.1) is 11.3 Å². The van der Waals surface area contributed by atoms with Crippen LogP contribution in [0.4, 0.5) is 0 Å². The van der Waals surface area contributed by atoms with Crippen molar-refractivity contribution >= 4 is 22.9 Å². The number of aromatic amines is 2. The Morgan fingerprint density at radius 1 is 1.08 bits per heavy atom. The van der Waals surface area contributed by atoms with Crippen LogP contribution in [0.1, 0.15) is 10.6 Å². The van der Waals surface area contributed by atoms with E-state index in [1.54, 1.807) is 29.8 Å². The summed E-state index contributed by atoms with van der Waals surface area (Å²) in [5, 5.41) is 7.42. The largest absolute Gasteiger partial charge is 0.322 e. The molecule has 0 unspecified atom stereocenters. The molecular formula is C19H15ClN4OS. The maximum atomic E-state index is 12.1. The van der Waals surface area contributed by atoms with Gasteiger partial charge >= 0.3 is 0 Å². The molecule has 0 bridgehead atoms. The van der Waals surface area contributed by atoms with Crippen LogP contribution in [-0.4, -0.2) is 20.2 Å². The summed E-state index contributed by atoms with van der Waals surface area (Å²) < 4.78 is 0.803. The highest BCUT2D eigenvalue weighted by Gasteiger charge is 2.09. The number of nitrogens with zero attached hydrogens (tertiary/aromatic N) is 2. The van der Waals surface area contributed by atoms with E-state index in [1.165, 1.54) is 4.88 Å². The highest BCUT2D eigenvalue weighted by Crippen LogP contribution is 2.24. The monoisotopic (exact) mass is 382 g/mol. The molecule has 0 spiro atoms. The van der Waals surface area contributed by atoms with Gasteiger partial charge < -0.3 is 4.98 Å². The fourth-order valence-corrected chi connectivity index (χ4v) is 3.84. The van der Waals surface area contributed by atoms with E-state index in [-0.39, 0.29) is 5.56 Å². The average Bonchev–Trinajstić information content (AvgIpc) is 3.29. The Kier molecular flexibility index (Phi) is 4.69. The van der Waals surface area contributed by atoms with Crippen LogP contribution in [0.25, 0.3) is 22.5 Å². The zero-order valence-electron chi connectivity index (χ0n) is 13.7. The van der Waals surface area contributed by atoms with E-state index in [2.05, 4.69) is 20.2 Å². The van der Waals surface area contributed by atoms with Crippen LogP contribution < -0.4 is 5.56 Å². The lowest BCUT2D eigenvalue weighted by Crippen LogP contribution is -2.05. The Labute approximate surface area is 158 Å². The molecule has 26 heavy (non-hydrogen) atoms. The van der Waals surface area contributed by atoms with Crippen LogP contribution in [-0.2, 0) is 12.8 Å². The number of aromatic nitrogens is 4. The standard InChI is InChI=1S/C19H15ClN4OS/c20-18-6-5-15(26-18)4-3-14-10-17(24-23-14)13-8-16(22-19(25)9-13)12-2-1-7-21-11-12/h1-2,5-11H,3-4H2,(H,22,25)(H,23,24). The van der Waals surface area contributed by atoms with Crippen molar-refractivity contribution in [2.45, 2.75) is 12.8 Å². The van der Waals surface area contributed by atoms with Gasteiger partial charge in [-0.3, -0.25) is 14.9 Å². The first-order chi connectivity index (χ1) is 12.7. The number of hydrogen-bond donors (Lipinski definition) is 2. The highest BCUT2D eigenvalue weighted by molar-refractivity contribution is 7.16. The van der Waals surface area contributed by atoms with Gasteiger partial charge in [0.15, 0.2) is 0 Å². The topological polar surface area (TPSA) is 74.4 Å². The molecule has 4 aromatic rings. The summed E-state index contributed by atoms with van der Waals surface area (Å²) in [6.45, 7) is 0. The molecule has 7 heteroatoms. The molecule has 0 aliphatic heterocycles. The maximum Gasteiger partial charge on any atom is 0.249 e. The van der Waals surface area contributed by atoms with Gasteiger partial charge in [0.1, 0.15) is 0 Å². The molecule has 0 radical (unpaired) electrons. The van der Waals surface area contributed by atoms with Crippen LogP contribution in [0.15, 0.2) is 59.7 Å². The molecule has 0 aromatic carbocycles. The second-order valence-corrected chi connectivity index (χ2v) is 7.67. The Morgan fingerprint density at radius 3 is 2.77 bits per heavy atom. The molecule has 0 fully saturated rings. The van der Waals surface area contributed by atoms with Gasteiger partial charge in [-0.2, -0.15) is 5.10 Å². The number of thiophene rings is 1. The summed E-state index contributed by atoms with van der Waals surface area (Å²) in [4.78, 5) is 20.2. The Morgan fingerprint density at radius 2 is 2.00 bits per heavy atom. The van der Waals surface area contributed by atoms with Crippen molar-refractivity contribution in [3.63, 3.8) is 0 Å². The molecular weight excluding hydrogens is 368 g/mol. The van der Waals surface area contributed by atoms with Crippen molar-refractivity contribution < 1.29 is 0 Å². The molecule has 4 aromatic heterocycles. The first-order valence-corrected chi connectivity index (χ1v) is 9.30. The number of aryl methyl sites for hydroxylation is 2. The first-order valence-electron chi connectivity index (χ1n) is 8.11. The van der Waals surface area contributed by atoms with E-state index in [1.807, 2.05) is 36.4 Å². The zero-order valence-corrected chi connectivity index (χ0v) is 15.3. The molecule has 0 saturated carbocycles. The summed E-state index contributed by atoms with van der Waals surface area (Å²) in [7, 11) is 0. The fourth-order valence-electron chi connectivity index (χ4n) is 2.75. The molecule has 0 amide bonds. The summed E-state index contributed by atoms with van der Waals surface area (Å²) in [5.41, 5.74) is 3.96. The highest BCUT2D eigenvalue weighted by atomic mass is 35.5. The minimum atomic E-state index is -0.167. The van der Waals surface area contributed by atoms with E-state index >= 15 is 0 Å². The van der Waals surface area contributed by atoms with Gasteiger partial charge in [0.05, 0.1) is 15.7 Å². The molecule has 4 heterocycles. The van der Waals surface area contributed by atoms with Crippen LogP contribution in [0.2, 0.25) is 4.34 Å². The molecule has 2 N–H and O–H groups in total. The summed E-state index contributed by atoms with van der Waals surface area (Å²) in [6.07, 6.45) is 5.15. The van der Waals surface area contributed by atoms with E-state index in [9.17, 15) is 4.79 Å². The molecule has 5 nitrogen and oxygen atoms in total. The van der Waals surface area contributed by atoms with Gasteiger partial charge in [-0.25, -0.2) is 0 Å². The Balaban J connectivity index is 1.57. The van der Waals surface area contributed by atoms with Gasteiger partial charge in [0.25, 0.3) is 0 Å². The number of hydrogen-bond acceptors (Lipinski definition) is 4. The lowest BCUT2D eigenvalue weighted by atomic mass is 10.1. The molecule has 4 rings (SSSR count). The van der Waals surface area contributed by atoms with E-state index in [4.69, 9.17) is 11.6 Å². The first kappa shape index (κ1) is 16.8. The van der Waals surface area contributed by atoms with Crippen LogP contribution in [0.5, 0.6) is 0 Å². The van der Waals surface area contributed by atoms with E-state index in [0.717, 1.165) is 45.4 Å². The molecule has 0 saturated heterocycles. The third kappa shape index (κ3) is 3.76. The second kappa shape index (κ2) is 7.27. The average molecular weight is 383 g/mol. The Hall–Kier alpha value is -2.70. The van der Waals surface area contributed by atoms with Gasteiger partial charge in [-0.05, 0) is 49.2 Å². The van der Waals surface area contributed by atoms with Gasteiger partial charge in [0.2, 0.25) is 5.56 Å². The number of nitrogens with one attached hydrogen (secondary N) is 2. The van der Waals surface area contributed by atoms with E-state index < -0.39 is 0 Å². The summed E-state index contributed by atoms with van der Waals surface area (Å²) >= 11 is 7.56. The molecule has 130 valence electrons. The quantitative estimate of drug-likeness (QED) is 0.539. The predicted molar refractivity (Wildman–Crippen MR) is 105 cm³/mol. The lowest BCUT2D eigenvalue weighted by Gasteiger charge is -2.03. The summed E-state index contributed by atoms with van der Waals surface area (Å²) in [5.74, 6) is 0. The minimum absolute atomic E-state index is 0.167. The van der Waals surface area contributed by atoms with Crippen LogP contribution >= 0.6 is 22.9 Å². The zero-order chi connectivity index (χ0) is 17.9. The van der Waals surface area contributed by atoms with Crippen molar-refractivity contribution in [1.82, 2.24) is 20.2 Å². The van der Waals surface area contributed by atoms with Gasteiger partial charge in [0, 0.05) is 40.2 Å². The molecule has 0 atom stereocenters. The van der Waals surface area contributed by atoms with Crippen molar-refractivity contribution in [2.24, 2.45) is 0 Å². The molecule has 0 aliphatic carbocycles. The minimum Gasteiger partial charge on any atom is -0.322 e. The Bertz CT molecular complexity index is 1080. The third-order valence-corrected chi connectivity index (χ3v) is 5.30. The van der Waals surface area contributed by atoms with Crippen molar-refractivity contribution in [2.75, 3.05) is 0 Å². The van der Waals surface area contributed by atoms with E-state index in [0.29, 0.717) is 0 Å². The number of H-pyrrole nitrogens is 2. The van der Waals surface area contributed by atoms with Crippen LogP contribution in [0.3, 0.4) is 0 Å². The van der Waals surface area contributed by atoms with Crippen molar-refractivity contribution in [1.29, 1.82) is 0 Å². The fraction of sp³-hybridized carbons (Fsp3) is 0.105. The predicted octanol–water partition coefficient (Wildman–Crippen LogP) is 4.33. The van der Waals surface area contributed by atoms with Crippen molar-refractivity contribution in [3.05, 3.63) is 80.1 Å². The maximum absolute atomic E-state index is 12.1. The smallest absolute Gasteiger partial charge is 0.249 e. The summed E-state index contributed by atoms with van der Waals surface area (Å²) in [6, 6.07) is 13.2. The third-order valence-electron chi connectivity index (χ3n) is 4.01. The second-order valence-electron chi connectivity index (χ2n) is 5.87. The van der Waals surface area contributed by atoms with Gasteiger partial charge in [-0.1, -0.05) is 11.6 Å². The number of pyridine rings is 2. The van der Waals surface area contributed by atoms with Crippen LogP contribution in [0, 0.1) is 0 Å². The number of rotatable bonds is 5. The molecule has 0 aliphatic rings. The lowest BCUT2D eigenvalue weighted by molar-refractivity contribution is 0.905. The normalized spacial score (nSPS) is 11.0.